The van der Waals surface area contributed by atoms with Gasteiger partial charge in [-0.1, -0.05) is 42.5 Å². The minimum absolute atomic E-state index is 0.138. The second-order valence-corrected chi connectivity index (χ2v) is 5.80. The van der Waals surface area contributed by atoms with Crippen LogP contribution in [0.3, 0.4) is 0 Å². The molecule has 0 unspecified atom stereocenters. The van der Waals surface area contributed by atoms with E-state index in [1.54, 1.807) is 18.5 Å². The third-order valence-electron chi connectivity index (χ3n) is 3.97. The van der Waals surface area contributed by atoms with Crippen LogP contribution in [-0.2, 0) is 0 Å². The van der Waals surface area contributed by atoms with Crippen molar-refractivity contribution >= 4 is 17.8 Å². The molecule has 0 saturated heterocycles. The van der Waals surface area contributed by atoms with Crippen molar-refractivity contribution in [3.05, 3.63) is 66.3 Å². The van der Waals surface area contributed by atoms with Crippen LogP contribution in [0.15, 0.2) is 54.9 Å². The average molecular weight is 319 g/mol. The summed E-state index contributed by atoms with van der Waals surface area (Å²) in [5, 5.41) is 4.24. The van der Waals surface area contributed by atoms with E-state index >= 15 is 0 Å². The van der Waals surface area contributed by atoms with Gasteiger partial charge in [-0.05, 0) is 24.5 Å². The molecule has 1 fully saturated rings. The molecule has 0 atom stereocenters. The van der Waals surface area contributed by atoms with E-state index in [0.717, 1.165) is 18.4 Å². The number of carbonyl (C=O) groups excluding carboxylic acids is 1. The van der Waals surface area contributed by atoms with Crippen LogP contribution in [0.5, 0.6) is 0 Å². The van der Waals surface area contributed by atoms with Crippen LogP contribution < -0.4 is 0 Å². The molecule has 1 aliphatic carbocycles. The molecule has 0 N–H and O–H groups in total. The summed E-state index contributed by atoms with van der Waals surface area (Å²) in [6, 6.07) is 12.1. The highest BCUT2D eigenvalue weighted by Crippen LogP contribution is 2.27. The van der Waals surface area contributed by atoms with Crippen molar-refractivity contribution in [2.45, 2.75) is 18.9 Å². The van der Waals surface area contributed by atoms with Crippen LogP contribution in [0, 0.1) is 0 Å². The maximum atomic E-state index is 12.8. The Morgan fingerprint density at radius 2 is 2.08 bits per heavy atom. The summed E-state index contributed by atoms with van der Waals surface area (Å²) in [4.78, 5) is 23.0. The molecular weight excluding hydrogens is 302 g/mol. The van der Waals surface area contributed by atoms with E-state index in [0.29, 0.717) is 12.3 Å². The second kappa shape index (κ2) is 6.23. The quantitative estimate of drug-likeness (QED) is 0.724. The van der Waals surface area contributed by atoms with Gasteiger partial charge in [-0.2, -0.15) is 4.98 Å². The van der Waals surface area contributed by atoms with Crippen molar-refractivity contribution in [2.75, 3.05) is 6.54 Å². The fourth-order valence-corrected chi connectivity index (χ4v) is 2.60. The summed E-state index contributed by atoms with van der Waals surface area (Å²) in [6.45, 7) is 0.557. The third-order valence-corrected chi connectivity index (χ3v) is 3.97. The largest absolute Gasteiger partial charge is 0.329 e. The van der Waals surface area contributed by atoms with E-state index in [1.807, 2.05) is 47.4 Å². The topological polar surface area (TPSA) is 63.4 Å². The molecule has 0 bridgehead atoms. The Morgan fingerprint density at radius 1 is 1.25 bits per heavy atom. The van der Waals surface area contributed by atoms with Crippen molar-refractivity contribution < 1.29 is 4.79 Å². The molecule has 0 spiro atoms. The normalized spacial score (nSPS) is 14.3. The lowest BCUT2D eigenvalue weighted by atomic mass is 10.2. The average Bonchev–Trinajstić information content (AvgIpc) is 3.36. The van der Waals surface area contributed by atoms with Gasteiger partial charge in [0.05, 0.1) is 0 Å². The Balaban J connectivity index is 1.52. The number of nitrogens with zero attached hydrogens (tertiary/aromatic N) is 5. The van der Waals surface area contributed by atoms with E-state index in [1.165, 1.54) is 4.52 Å². The van der Waals surface area contributed by atoms with E-state index in [2.05, 4.69) is 15.1 Å². The molecule has 6 heteroatoms. The molecule has 0 radical (unpaired) electrons. The lowest BCUT2D eigenvalue weighted by molar-refractivity contribution is 0.0751. The first-order chi connectivity index (χ1) is 11.8. The van der Waals surface area contributed by atoms with Gasteiger partial charge in [0, 0.05) is 25.0 Å². The molecule has 120 valence electrons. The molecule has 1 aliphatic rings. The minimum Gasteiger partial charge on any atom is -0.329 e. The lowest BCUT2D eigenvalue weighted by Crippen LogP contribution is -2.34. The Kier molecular flexibility index (Phi) is 3.78. The Bertz CT molecular complexity index is 850. The molecule has 24 heavy (non-hydrogen) atoms. The van der Waals surface area contributed by atoms with Gasteiger partial charge in [0.25, 0.3) is 11.7 Å². The monoisotopic (exact) mass is 319 g/mol. The number of aromatic nitrogens is 4. The van der Waals surface area contributed by atoms with E-state index in [4.69, 9.17) is 0 Å². The van der Waals surface area contributed by atoms with Gasteiger partial charge < -0.3 is 4.90 Å². The first-order valence-corrected chi connectivity index (χ1v) is 8.01. The van der Waals surface area contributed by atoms with Crippen LogP contribution in [-0.4, -0.2) is 43.0 Å². The highest BCUT2D eigenvalue weighted by Gasteiger charge is 2.34. The zero-order chi connectivity index (χ0) is 16.4. The fraction of sp³-hybridized carbons (Fsp3) is 0.222. The van der Waals surface area contributed by atoms with Gasteiger partial charge in [0.15, 0.2) is 0 Å². The lowest BCUT2D eigenvalue weighted by Gasteiger charge is -2.18. The van der Waals surface area contributed by atoms with Crippen LogP contribution in [0.2, 0.25) is 0 Å². The third kappa shape index (κ3) is 3.03. The standard InChI is InChI=1S/C18H17N5O/c24-17(16-20-18-19-11-5-13-23(18)21-16)22(15-9-10-15)12-4-8-14-6-2-1-3-7-14/h1-8,11,13,15H,9-10,12H2. The first-order valence-electron chi connectivity index (χ1n) is 8.01. The van der Waals surface area contributed by atoms with Crippen LogP contribution >= 0.6 is 0 Å². The molecule has 0 aliphatic heterocycles. The summed E-state index contributed by atoms with van der Waals surface area (Å²) in [5.74, 6) is 0.505. The van der Waals surface area contributed by atoms with Crippen molar-refractivity contribution in [2.24, 2.45) is 0 Å². The van der Waals surface area contributed by atoms with Gasteiger partial charge in [-0.3, -0.25) is 4.79 Å². The number of fused-ring (bicyclic) bond motifs is 1. The Labute approximate surface area is 139 Å². The van der Waals surface area contributed by atoms with E-state index < -0.39 is 0 Å². The molecule has 1 saturated carbocycles. The number of benzene rings is 1. The number of amides is 1. The highest BCUT2D eigenvalue weighted by molar-refractivity contribution is 5.91. The zero-order valence-corrected chi connectivity index (χ0v) is 13.1. The maximum Gasteiger partial charge on any atom is 0.294 e. The number of carbonyl (C=O) groups is 1. The minimum atomic E-state index is -0.138. The van der Waals surface area contributed by atoms with Gasteiger partial charge in [-0.15, -0.1) is 5.10 Å². The van der Waals surface area contributed by atoms with Crippen LogP contribution in [0.4, 0.5) is 0 Å². The number of rotatable bonds is 5. The first kappa shape index (κ1) is 14.6. The molecule has 6 nitrogen and oxygen atoms in total. The molecule has 1 aromatic carbocycles. The summed E-state index contributed by atoms with van der Waals surface area (Å²) < 4.78 is 1.53. The molecule has 4 rings (SSSR count). The molecule has 3 aromatic rings. The smallest absolute Gasteiger partial charge is 0.294 e. The van der Waals surface area contributed by atoms with Gasteiger partial charge in [0.1, 0.15) is 0 Å². The summed E-state index contributed by atoms with van der Waals surface area (Å²) in [5.41, 5.74) is 1.12. The predicted molar refractivity (Wildman–Crippen MR) is 90.3 cm³/mol. The van der Waals surface area contributed by atoms with E-state index in [9.17, 15) is 4.79 Å². The SMILES string of the molecule is O=C(c1nc2ncccn2n1)N(CC=Cc1ccccc1)C1CC1. The van der Waals surface area contributed by atoms with Crippen molar-refractivity contribution in [1.82, 2.24) is 24.5 Å². The van der Waals surface area contributed by atoms with E-state index in [-0.39, 0.29) is 17.8 Å². The Hall–Kier alpha value is -3.02. The Morgan fingerprint density at radius 3 is 2.83 bits per heavy atom. The maximum absolute atomic E-state index is 12.8. The van der Waals surface area contributed by atoms with Crippen LogP contribution in [0.25, 0.3) is 11.9 Å². The molecule has 2 heterocycles. The highest BCUT2D eigenvalue weighted by atomic mass is 16.2. The van der Waals surface area contributed by atoms with Gasteiger partial charge >= 0.3 is 0 Å². The van der Waals surface area contributed by atoms with Crippen molar-refractivity contribution in [3.8, 4) is 0 Å². The van der Waals surface area contributed by atoms with Gasteiger partial charge in [0.2, 0.25) is 5.82 Å². The number of hydrogen-bond donors (Lipinski definition) is 0. The fourth-order valence-electron chi connectivity index (χ4n) is 2.60. The van der Waals surface area contributed by atoms with Gasteiger partial charge in [-0.25, -0.2) is 9.50 Å². The summed E-state index contributed by atoms with van der Waals surface area (Å²) in [6.07, 6.45) is 9.50. The molecule has 2 aromatic heterocycles. The molecule has 1 amide bonds. The summed E-state index contributed by atoms with van der Waals surface area (Å²) in [7, 11) is 0. The van der Waals surface area contributed by atoms with Crippen molar-refractivity contribution in [3.63, 3.8) is 0 Å². The summed E-state index contributed by atoms with van der Waals surface area (Å²) >= 11 is 0. The van der Waals surface area contributed by atoms with Crippen molar-refractivity contribution in [1.29, 1.82) is 0 Å². The second-order valence-electron chi connectivity index (χ2n) is 5.80. The number of hydrogen-bond acceptors (Lipinski definition) is 4. The van der Waals surface area contributed by atoms with Crippen LogP contribution in [0.1, 0.15) is 29.0 Å². The zero-order valence-electron chi connectivity index (χ0n) is 13.1. The molecular formula is C18H17N5O. The predicted octanol–water partition coefficient (Wildman–Crippen LogP) is 2.44.